The summed E-state index contributed by atoms with van der Waals surface area (Å²) < 4.78 is 0. The molecule has 0 saturated carbocycles. The smallest absolute Gasteiger partial charge is 0.221 e. The molecule has 1 heterocycles. The van der Waals surface area contributed by atoms with Gasteiger partial charge in [-0.2, -0.15) is 0 Å². The number of nitrogens with zero attached hydrogens (tertiary/aromatic N) is 2. The number of nitrogens with one attached hydrogen (secondary N) is 2. The zero-order valence-electron chi connectivity index (χ0n) is 11.8. The summed E-state index contributed by atoms with van der Waals surface area (Å²) >= 11 is 0. The number of aromatic nitrogens is 2. The number of hydrogen-bond donors (Lipinski definition) is 2. The Labute approximate surface area is 118 Å². The van der Waals surface area contributed by atoms with Gasteiger partial charge in [-0.3, -0.25) is 14.8 Å². The molecule has 0 bridgehead atoms. The SMILES string of the molecule is CC(=O)Nc1cccc(NC(C)c2nccnc2C)c1. The van der Waals surface area contributed by atoms with Crippen molar-refractivity contribution in [1.82, 2.24) is 9.97 Å². The topological polar surface area (TPSA) is 66.9 Å². The fraction of sp³-hybridized carbons (Fsp3) is 0.267. The maximum atomic E-state index is 11.1. The van der Waals surface area contributed by atoms with Crippen LogP contribution in [0.3, 0.4) is 0 Å². The van der Waals surface area contributed by atoms with Crippen molar-refractivity contribution < 1.29 is 4.79 Å². The molecule has 0 spiro atoms. The van der Waals surface area contributed by atoms with Crippen molar-refractivity contribution in [2.24, 2.45) is 0 Å². The molecule has 5 heteroatoms. The Morgan fingerprint density at radius 1 is 1.20 bits per heavy atom. The molecule has 0 radical (unpaired) electrons. The molecular weight excluding hydrogens is 252 g/mol. The highest BCUT2D eigenvalue weighted by Gasteiger charge is 2.10. The van der Waals surface area contributed by atoms with Gasteiger partial charge in [0.1, 0.15) is 0 Å². The molecule has 104 valence electrons. The Morgan fingerprint density at radius 2 is 1.90 bits per heavy atom. The van der Waals surface area contributed by atoms with E-state index in [1.54, 1.807) is 12.4 Å². The normalized spacial score (nSPS) is 11.8. The predicted octanol–water partition coefficient (Wildman–Crippen LogP) is 2.92. The highest BCUT2D eigenvalue weighted by Crippen LogP contribution is 2.21. The molecule has 1 atom stereocenters. The Kier molecular flexibility index (Phi) is 4.30. The summed E-state index contributed by atoms with van der Waals surface area (Å²) in [5.41, 5.74) is 3.52. The summed E-state index contributed by atoms with van der Waals surface area (Å²) in [6.07, 6.45) is 3.37. The van der Waals surface area contributed by atoms with Crippen molar-refractivity contribution in [3.63, 3.8) is 0 Å². The van der Waals surface area contributed by atoms with E-state index in [1.165, 1.54) is 6.92 Å². The fourth-order valence-electron chi connectivity index (χ4n) is 2.05. The Balaban J connectivity index is 2.13. The average molecular weight is 270 g/mol. The number of hydrogen-bond acceptors (Lipinski definition) is 4. The first-order chi connectivity index (χ1) is 9.56. The second-order valence-electron chi connectivity index (χ2n) is 4.66. The molecule has 0 aliphatic heterocycles. The fourth-order valence-corrected chi connectivity index (χ4v) is 2.05. The highest BCUT2D eigenvalue weighted by atomic mass is 16.1. The standard InChI is InChI=1S/C15H18N4O/c1-10-15(17-8-7-16-10)11(2)18-13-5-4-6-14(9-13)19-12(3)20/h4-9,11,18H,1-3H3,(H,19,20). The van der Waals surface area contributed by atoms with Gasteiger partial charge in [-0.25, -0.2) is 0 Å². The van der Waals surface area contributed by atoms with Crippen LogP contribution in [0.2, 0.25) is 0 Å². The van der Waals surface area contributed by atoms with Crippen LogP contribution >= 0.6 is 0 Å². The van der Waals surface area contributed by atoms with Gasteiger partial charge >= 0.3 is 0 Å². The van der Waals surface area contributed by atoms with Crippen molar-refractivity contribution in [2.45, 2.75) is 26.8 Å². The quantitative estimate of drug-likeness (QED) is 0.896. The van der Waals surface area contributed by atoms with Gasteiger partial charge in [0.05, 0.1) is 17.4 Å². The van der Waals surface area contributed by atoms with E-state index in [4.69, 9.17) is 0 Å². The van der Waals surface area contributed by atoms with E-state index in [1.807, 2.05) is 38.1 Å². The number of amides is 1. The zero-order valence-corrected chi connectivity index (χ0v) is 11.8. The van der Waals surface area contributed by atoms with Gasteiger partial charge < -0.3 is 10.6 Å². The predicted molar refractivity (Wildman–Crippen MR) is 79.6 cm³/mol. The monoisotopic (exact) mass is 270 g/mol. The molecule has 2 N–H and O–H groups in total. The third kappa shape index (κ3) is 3.54. The summed E-state index contributed by atoms with van der Waals surface area (Å²) in [4.78, 5) is 19.7. The summed E-state index contributed by atoms with van der Waals surface area (Å²) in [5.74, 6) is -0.0834. The van der Waals surface area contributed by atoms with E-state index in [0.717, 1.165) is 22.8 Å². The summed E-state index contributed by atoms with van der Waals surface area (Å²) in [6.45, 7) is 5.46. The minimum Gasteiger partial charge on any atom is -0.377 e. The molecule has 0 saturated heterocycles. The van der Waals surface area contributed by atoms with Crippen LogP contribution in [0, 0.1) is 6.92 Å². The van der Waals surface area contributed by atoms with Crippen LogP contribution in [0.25, 0.3) is 0 Å². The van der Waals surface area contributed by atoms with Crippen LogP contribution in [0.5, 0.6) is 0 Å². The van der Waals surface area contributed by atoms with Gasteiger partial charge in [0.25, 0.3) is 0 Å². The molecule has 2 aromatic rings. The maximum Gasteiger partial charge on any atom is 0.221 e. The van der Waals surface area contributed by atoms with Crippen LogP contribution in [0.1, 0.15) is 31.3 Å². The zero-order chi connectivity index (χ0) is 14.5. The van der Waals surface area contributed by atoms with Crippen LogP contribution in [0.15, 0.2) is 36.7 Å². The van der Waals surface area contributed by atoms with E-state index < -0.39 is 0 Å². The molecule has 1 aromatic heterocycles. The van der Waals surface area contributed by atoms with Gasteiger partial charge in [0.15, 0.2) is 0 Å². The molecule has 20 heavy (non-hydrogen) atoms. The largest absolute Gasteiger partial charge is 0.377 e. The lowest BCUT2D eigenvalue weighted by atomic mass is 10.1. The minimum atomic E-state index is -0.0834. The molecule has 1 amide bonds. The molecule has 1 unspecified atom stereocenters. The second-order valence-corrected chi connectivity index (χ2v) is 4.66. The van der Waals surface area contributed by atoms with Gasteiger partial charge in [0.2, 0.25) is 5.91 Å². The van der Waals surface area contributed by atoms with E-state index >= 15 is 0 Å². The Morgan fingerprint density at radius 3 is 2.60 bits per heavy atom. The minimum absolute atomic E-state index is 0.0382. The van der Waals surface area contributed by atoms with Gasteiger partial charge in [0, 0.05) is 30.7 Å². The lowest BCUT2D eigenvalue weighted by Gasteiger charge is -2.16. The number of carbonyl (C=O) groups excluding carboxylic acids is 1. The van der Waals surface area contributed by atoms with Crippen molar-refractivity contribution in [3.05, 3.63) is 48.0 Å². The van der Waals surface area contributed by atoms with E-state index in [9.17, 15) is 4.79 Å². The summed E-state index contributed by atoms with van der Waals surface area (Å²) in [6, 6.07) is 7.63. The lowest BCUT2D eigenvalue weighted by Crippen LogP contribution is -2.11. The second kappa shape index (κ2) is 6.14. The van der Waals surface area contributed by atoms with Crippen molar-refractivity contribution >= 4 is 17.3 Å². The van der Waals surface area contributed by atoms with E-state index in [-0.39, 0.29) is 11.9 Å². The lowest BCUT2D eigenvalue weighted by molar-refractivity contribution is -0.114. The number of benzene rings is 1. The molecule has 0 aliphatic carbocycles. The van der Waals surface area contributed by atoms with Crippen molar-refractivity contribution in [3.8, 4) is 0 Å². The van der Waals surface area contributed by atoms with E-state index in [0.29, 0.717) is 0 Å². The Bertz CT molecular complexity index is 612. The van der Waals surface area contributed by atoms with Crippen LogP contribution in [0.4, 0.5) is 11.4 Å². The summed E-state index contributed by atoms with van der Waals surface area (Å²) in [5, 5.41) is 6.12. The van der Waals surface area contributed by atoms with Crippen LogP contribution in [-0.2, 0) is 4.79 Å². The maximum absolute atomic E-state index is 11.1. The highest BCUT2D eigenvalue weighted by molar-refractivity contribution is 5.89. The third-order valence-electron chi connectivity index (χ3n) is 2.90. The number of rotatable bonds is 4. The number of carbonyl (C=O) groups is 1. The number of anilines is 2. The van der Waals surface area contributed by atoms with Gasteiger partial charge in [-0.15, -0.1) is 0 Å². The molecule has 0 fully saturated rings. The molecule has 5 nitrogen and oxygen atoms in total. The van der Waals surface area contributed by atoms with Gasteiger partial charge in [-0.05, 0) is 32.0 Å². The molecular formula is C15H18N4O. The first-order valence-corrected chi connectivity index (χ1v) is 6.48. The van der Waals surface area contributed by atoms with Crippen molar-refractivity contribution in [2.75, 3.05) is 10.6 Å². The average Bonchev–Trinajstić information content (AvgIpc) is 2.38. The number of aryl methyl sites for hydroxylation is 1. The van der Waals surface area contributed by atoms with E-state index in [2.05, 4.69) is 20.6 Å². The summed E-state index contributed by atoms with van der Waals surface area (Å²) in [7, 11) is 0. The van der Waals surface area contributed by atoms with Crippen molar-refractivity contribution in [1.29, 1.82) is 0 Å². The molecule has 0 aliphatic rings. The molecule has 1 aromatic carbocycles. The van der Waals surface area contributed by atoms with Gasteiger partial charge in [-0.1, -0.05) is 6.07 Å². The molecule has 2 rings (SSSR count). The third-order valence-corrected chi connectivity index (χ3v) is 2.90. The Hall–Kier alpha value is -2.43. The first-order valence-electron chi connectivity index (χ1n) is 6.48. The van der Waals surface area contributed by atoms with Crippen LogP contribution in [-0.4, -0.2) is 15.9 Å². The first kappa shape index (κ1) is 14.0. The van der Waals surface area contributed by atoms with Crippen LogP contribution < -0.4 is 10.6 Å².